The average molecular weight is 468 g/mol. The fourth-order valence-corrected chi connectivity index (χ4v) is 6.63. The molecule has 0 unspecified atom stereocenters. The second kappa shape index (κ2) is 9.85. The van der Waals surface area contributed by atoms with Gasteiger partial charge in [0, 0.05) is 11.8 Å². The molecule has 5 nitrogen and oxygen atoms in total. The number of benzene rings is 2. The zero-order chi connectivity index (χ0) is 22.8. The highest BCUT2D eigenvalue weighted by Crippen LogP contribution is 2.52. The van der Waals surface area contributed by atoms with Crippen LogP contribution in [0.4, 0.5) is 4.39 Å². The third-order valence-electron chi connectivity index (χ3n) is 7.30. The number of nitrogens with zero attached hydrogens (tertiary/aromatic N) is 3. The number of thioether (sulfide) groups is 1. The fourth-order valence-electron chi connectivity index (χ4n) is 5.62. The Kier molecular flexibility index (Phi) is 6.69. The molecule has 0 spiro atoms. The van der Waals surface area contributed by atoms with Crippen molar-refractivity contribution in [3.63, 3.8) is 0 Å². The number of hydrogen-bond acceptors (Lipinski definition) is 5. The van der Waals surface area contributed by atoms with Crippen LogP contribution in [0.3, 0.4) is 0 Å². The number of halogens is 1. The molecule has 0 amide bonds. The Morgan fingerprint density at radius 1 is 1.09 bits per heavy atom. The summed E-state index contributed by atoms with van der Waals surface area (Å²) in [5.41, 5.74) is 0.889. The predicted octanol–water partition coefficient (Wildman–Crippen LogP) is 5.82. The lowest BCUT2D eigenvalue weighted by Gasteiger charge is -2.30. The minimum absolute atomic E-state index is 0.154. The Bertz CT molecular complexity index is 1080. The number of aliphatic hydroxyl groups excluding tert-OH is 1. The van der Waals surface area contributed by atoms with Crippen LogP contribution in [-0.2, 0) is 6.61 Å². The fraction of sp³-hybridized carbons (Fsp3) is 0.462. The second-order valence-corrected chi connectivity index (χ2v) is 10.3. The maximum absolute atomic E-state index is 14.1. The van der Waals surface area contributed by atoms with E-state index in [0.29, 0.717) is 17.5 Å². The molecule has 33 heavy (non-hydrogen) atoms. The van der Waals surface area contributed by atoms with Crippen molar-refractivity contribution in [2.24, 2.45) is 17.8 Å². The molecule has 1 N–H and O–H groups in total. The zero-order valence-electron chi connectivity index (χ0n) is 18.8. The van der Waals surface area contributed by atoms with Gasteiger partial charge in [-0.05, 0) is 61.6 Å². The minimum atomic E-state index is -0.586. The van der Waals surface area contributed by atoms with Gasteiger partial charge in [-0.3, -0.25) is 4.57 Å². The van der Waals surface area contributed by atoms with E-state index in [4.69, 9.17) is 4.74 Å². The summed E-state index contributed by atoms with van der Waals surface area (Å²) >= 11 is 1.51. The van der Waals surface area contributed by atoms with Crippen molar-refractivity contribution in [2.75, 3.05) is 5.75 Å². The van der Waals surface area contributed by atoms with Crippen molar-refractivity contribution in [1.29, 1.82) is 0 Å². The summed E-state index contributed by atoms with van der Waals surface area (Å²) in [5, 5.41) is 20.3. The molecule has 2 bridgehead atoms. The van der Waals surface area contributed by atoms with Crippen LogP contribution in [0.15, 0.2) is 59.8 Å². The van der Waals surface area contributed by atoms with E-state index in [1.807, 2.05) is 30.3 Å². The SMILES string of the molecule is C[C@@H]([C@@H]1C[C@@H]2CC[C@@H]1C2)n1c(COc2ccccc2F)nnc1SC[C@@H](O)c1ccccc1. The van der Waals surface area contributed by atoms with Crippen molar-refractivity contribution < 1.29 is 14.2 Å². The Morgan fingerprint density at radius 3 is 2.61 bits per heavy atom. The molecular formula is C26H30FN3O2S. The lowest BCUT2D eigenvalue weighted by atomic mass is 9.84. The van der Waals surface area contributed by atoms with Gasteiger partial charge in [-0.15, -0.1) is 10.2 Å². The van der Waals surface area contributed by atoms with E-state index in [0.717, 1.165) is 22.6 Å². The first-order valence-corrected chi connectivity index (χ1v) is 12.8. The van der Waals surface area contributed by atoms with Crippen LogP contribution < -0.4 is 4.74 Å². The Morgan fingerprint density at radius 2 is 1.88 bits per heavy atom. The van der Waals surface area contributed by atoms with E-state index in [9.17, 15) is 9.50 Å². The summed E-state index contributed by atoms with van der Waals surface area (Å²) in [6, 6.07) is 16.3. The monoisotopic (exact) mass is 467 g/mol. The highest BCUT2D eigenvalue weighted by atomic mass is 32.2. The normalized spacial score (nSPS) is 23.5. The molecular weight excluding hydrogens is 437 g/mol. The molecule has 174 valence electrons. The van der Waals surface area contributed by atoms with Crippen LogP contribution in [0.5, 0.6) is 5.75 Å². The standard InChI is InChI=1S/C26H30FN3O2S/c1-17(21-14-18-11-12-20(21)13-18)30-25(15-32-24-10-6-5-9-22(24)27)28-29-26(30)33-16-23(31)19-7-3-2-4-8-19/h2-10,17-18,20-21,23,31H,11-16H2,1H3/t17-,18+,20+,21-,23+/m0/s1. The van der Waals surface area contributed by atoms with Gasteiger partial charge in [-0.25, -0.2) is 4.39 Å². The van der Waals surface area contributed by atoms with Crippen molar-refractivity contribution in [3.05, 3.63) is 71.8 Å². The second-order valence-electron chi connectivity index (χ2n) is 9.30. The highest BCUT2D eigenvalue weighted by molar-refractivity contribution is 7.99. The van der Waals surface area contributed by atoms with Crippen LogP contribution in [0.1, 0.15) is 56.1 Å². The van der Waals surface area contributed by atoms with Gasteiger partial charge in [0.2, 0.25) is 0 Å². The highest BCUT2D eigenvalue weighted by Gasteiger charge is 2.43. The molecule has 0 aliphatic heterocycles. The van der Waals surface area contributed by atoms with Crippen LogP contribution >= 0.6 is 11.8 Å². The number of rotatable bonds is 9. The summed E-state index contributed by atoms with van der Waals surface area (Å²) < 4.78 is 22.0. The molecule has 2 aliphatic carbocycles. The van der Waals surface area contributed by atoms with Crippen molar-refractivity contribution in [3.8, 4) is 5.75 Å². The smallest absolute Gasteiger partial charge is 0.191 e. The number of aromatic nitrogens is 3. The van der Waals surface area contributed by atoms with E-state index in [1.165, 1.54) is 43.5 Å². The molecule has 2 fully saturated rings. The van der Waals surface area contributed by atoms with Gasteiger partial charge in [-0.1, -0.05) is 60.6 Å². The van der Waals surface area contributed by atoms with Gasteiger partial charge in [0.15, 0.2) is 22.5 Å². The van der Waals surface area contributed by atoms with Gasteiger partial charge in [-0.2, -0.15) is 0 Å². The van der Waals surface area contributed by atoms with Crippen molar-refractivity contribution in [1.82, 2.24) is 14.8 Å². The predicted molar refractivity (Wildman–Crippen MR) is 127 cm³/mol. The number of ether oxygens (including phenoxy) is 1. The molecule has 5 rings (SSSR count). The first kappa shape index (κ1) is 22.4. The van der Waals surface area contributed by atoms with E-state index in [2.05, 4.69) is 21.7 Å². The summed E-state index contributed by atoms with van der Waals surface area (Å²) in [5.74, 6) is 3.20. The zero-order valence-corrected chi connectivity index (χ0v) is 19.6. The van der Waals surface area contributed by atoms with Crippen LogP contribution in [0.25, 0.3) is 0 Å². The van der Waals surface area contributed by atoms with Crippen molar-refractivity contribution in [2.45, 2.75) is 56.5 Å². The quantitative estimate of drug-likeness (QED) is 0.402. The van der Waals surface area contributed by atoms with Gasteiger partial charge < -0.3 is 9.84 Å². The van der Waals surface area contributed by atoms with Crippen LogP contribution in [0.2, 0.25) is 0 Å². The summed E-state index contributed by atoms with van der Waals surface area (Å²) in [7, 11) is 0. The van der Waals surface area contributed by atoms with E-state index in [1.54, 1.807) is 18.2 Å². The lowest BCUT2D eigenvalue weighted by Crippen LogP contribution is -2.24. The Hall–Kier alpha value is -2.38. The average Bonchev–Trinajstić information content (AvgIpc) is 3.58. The van der Waals surface area contributed by atoms with E-state index < -0.39 is 6.10 Å². The number of para-hydroxylation sites is 1. The maximum atomic E-state index is 14.1. The summed E-state index contributed by atoms with van der Waals surface area (Å²) in [4.78, 5) is 0. The molecule has 3 aromatic rings. The molecule has 0 saturated heterocycles. The third-order valence-corrected chi connectivity index (χ3v) is 8.32. The number of fused-ring (bicyclic) bond motifs is 2. The van der Waals surface area contributed by atoms with E-state index >= 15 is 0 Å². The number of hydrogen-bond donors (Lipinski definition) is 1. The maximum Gasteiger partial charge on any atom is 0.191 e. The lowest BCUT2D eigenvalue weighted by molar-refractivity contribution is 0.203. The molecule has 2 aromatic carbocycles. The molecule has 2 aliphatic rings. The van der Waals surface area contributed by atoms with Crippen molar-refractivity contribution >= 4 is 11.8 Å². The molecule has 7 heteroatoms. The molecule has 1 aromatic heterocycles. The van der Waals surface area contributed by atoms with Gasteiger partial charge in [0.05, 0.1) is 6.10 Å². The largest absolute Gasteiger partial charge is 0.483 e. The minimum Gasteiger partial charge on any atom is -0.483 e. The van der Waals surface area contributed by atoms with Crippen LogP contribution in [0, 0.1) is 23.6 Å². The van der Waals surface area contributed by atoms with E-state index in [-0.39, 0.29) is 24.2 Å². The molecule has 1 heterocycles. The Labute approximate surface area is 198 Å². The van der Waals surface area contributed by atoms with Gasteiger partial charge >= 0.3 is 0 Å². The summed E-state index contributed by atoms with van der Waals surface area (Å²) in [6.45, 7) is 2.40. The topological polar surface area (TPSA) is 60.2 Å². The molecule has 5 atom stereocenters. The van der Waals surface area contributed by atoms with Gasteiger partial charge in [0.1, 0.15) is 6.61 Å². The summed E-state index contributed by atoms with van der Waals surface area (Å²) in [6.07, 6.45) is 4.64. The molecule has 0 radical (unpaired) electrons. The Balaban J connectivity index is 1.36. The third kappa shape index (κ3) is 4.80. The first-order valence-electron chi connectivity index (χ1n) is 11.8. The van der Waals surface area contributed by atoms with Gasteiger partial charge in [0.25, 0.3) is 0 Å². The first-order chi connectivity index (χ1) is 16.1. The number of aliphatic hydroxyl groups is 1. The van der Waals surface area contributed by atoms with Crippen LogP contribution in [-0.4, -0.2) is 25.6 Å². The molecule has 2 saturated carbocycles.